The molecule has 0 unspecified atom stereocenters. The molecule has 0 spiro atoms. The van der Waals surface area contributed by atoms with Crippen molar-refractivity contribution in [3.8, 4) is 0 Å². The number of hydrogen-bond acceptors (Lipinski definition) is 6. The van der Waals surface area contributed by atoms with Crippen LogP contribution in [0.4, 0.5) is 10.1 Å². The van der Waals surface area contributed by atoms with Gasteiger partial charge in [-0.15, -0.1) is 0 Å². The Morgan fingerprint density at radius 2 is 2.03 bits per heavy atom. The number of fused-ring (bicyclic) bond motifs is 1. The van der Waals surface area contributed by atoms with E-state index in [4.69, 9.17) is 11.6 Å². The summed E-state index contributed by atoms with van der Waals surface area (Å²) in [6, 6.07) is 4.98. The molecule has 162 valence electrons. The average Bonchev–Trinajstić information content (AvgIpc) is 2.78. The normalized spacial score (nSPS) is 14.8. The highest BCUT2D eigenvalue weighted by molar-refractivity contribution is 6.35. The lowest BCUT2D eigenvalue weighted by Gasteiger charge is -2.36. The first kappa shape index (κ1) is 21.2. The maximum absolute atomic E-state index is 14.6. The molecule has 1 saturated heterocycles. The van der Waals surface area contributed by atoms with E-state index in [1.165, 1.54) is 13.0 Å². The molecule has 31 heavy (non-hydrogen) atoms. The van der Waals surface area contributed by atoms with Gasteiger partial charge in [0, 0.05) is 39.8 Å². The molecule has 2 aromatic heterocycles. The predicted octanol–water partition coefficient (Wildman–Crippen LogP) is 2.10. The molecular formula is C21H22ClFN6O2. The number of benzene rings is 1. The van der Waals surface area contributed by atoms with Gasteiger partial charge in [0.05, 0.1) is 22.4 Å². The number of halogens is 2. The van der Waals surface area contributed by atoms with Crippen molar-refractivity contribution in [2.24, 2.45) is 0 Å². The van der Waals surface area contributed by atoms with Crippen molar-refractivity contribution in [3.63, 3.8) is 0 Å². The minimum Gasteiger partial charge on any atom is -0.368 e. The maximum Gasteiger partial charge on any atom is 0.269 e. The number of carbonyl (C=O) groups excluding carboxylic acids is 1. The lowest BCUT2D eigenvalue weighted by molar-refractivity contribution is 0.0958. The average molecular weight is 445 g/mol. The highest BCUT2D eigenvalue weighted by Crippen LogP contribution is 2.28. The summed E-state index contributed by atoms with van der Waals surface area (Å²) in [6.07, 6.45) is 1.70. The van der Waals surface area contributed by atoms with Gasteiger partial charge in [-0.3, -0.25) is 14.5 Å². The Kier molecular flexibility index (Phi) is 5.88. The third kappa shape index (κ3) is 4.24. The molecule has 4 rings (SSSR count). The van der Waals surface area contributed by atoms with Crippen LogP contribution in [-0.2, 0) is 6.54 Å². The third-order valence-corrected chi connectivity index (χ3v) is 5.88. The largest absolute Gasteiger partial charge is 0.368 e. The minimum atomic E-state index is -0.505. The van der Waals surface area contributed by atoms with Crippen LogP contribution in [-0.4, -0.2) is 59.0 Å². The Balaban J connectivity index is 1.46. The molecule has 1 aromatic carbocycles. The second-order valence-corrected chi connectivity index (χ2v) is 7.83. The van der Waals surface area contributed by atoms with E-state index in [-0.39, 0.29) is 28.2 Å². The number of aromatic nitrogens is 3. The fourth-order valence-corrected chi connectivity index (χ4v) is 3.92. The fraction of sp³-hybridized carbons (Fsp3) is 0.333. The van der Waals surface area contributed by atoms with Crippen molar-refractivity contribution in [3.05, 3.63) is 62.5 Å². The molecular weight excluding hydrogens is 423 g/mol. The van der Waals surface area contributed by atoms with Crippen LogP contribution in [0.25, 0.3) is 11.0 Å². The van der Waals surface area contributed by atoms with Gasteiger partial charge < -0.3 is 15.2 Å². The minimum absolute atomic E-state index is 0.0726. The van der Waals surface area contributed by atoms with Crippen LogP contribution in [0, 0.1) is 12.7 Å². The highest BCUT2D eigenvalue weighted by Gasteiger charge is 2.21. The lowest BCUT2D eigenvalue weighted by atomic mass is 10.1. The Hall–Kier alpha value is -3.04. The molecule has 10 heteroatoms. The van der Waals surface area contributed by atoms with Crippen molar-refractivity contribution in [2.75, 3.05) is 38.1 Å². The first-order valence-corrected chi connectivity index (χ1v) is 10.3. The molecule has 0 bridgehead atoms. The summed E-state index contributed by atoms with van der Waals surface area (Å²) in [4.78, 5) is 38.8. The standard InChI is InChI=1S/C21H22ClFN6O2/c1-12-20(30)27-19-17(22)13(9-15(23)18(19)26-12)11-28-5-7-29(8-6-28)14-3-4-16(25-10-14)21(31)24-2/h3-4,9-10H,5-8,11H2,1-2H3,(H,24,31)(H,27,30). The van der Waals surface area contributed by atoms with Crippen molar-refractivity contribution in [2.45, 2.75) is 13.5 Å². The van der Waals surface area contributed by atoms with Crippen molar-refractivity contribution in [1.82, 2.24) is 25.2 Å². The van der Waals surface area contributed by atoms with Gasteiger partial charge in [-0.1, -0.05) is 11.6 Å². The van der Waals surface area contributed by atoms with Gasteiger partial charge in [-0.2, -0.15) is 0 Å². The number of pyridine rings is 1. The van der Waals surface area contributed by atoms with E-state index in [1.807, 2.05) is 6.07 Å². The van der Waals surface area contributed by atoms with E-state index in [0.717, 1.165) is 31.9 Å². The molecule has 0 radical (unpaired) electrons. The van der Waals surface area contributed by atoms with Crippen LogP contribution < -0.4 is 15.8 Å². The summed E-state index contributed by atoms with van der Waals surface area (Å²) in [5.41, 5.74) is 2.05. The summed E-state index contributed by atoms with van der Waals surface area (Å²) >= 11 is 6.48. The van der Waals surface area contributed by atoms with Gasteiger partial charge in [0.25, 0.3) is 11.5 Å². The number of aryl methyl sites for hydroxylation is 1. The van der Waals surface area contributed by atoms with E-state index in [9.17, 15) is 14.0 Å². The second kappa shape index (κ2) is 8.60. The number of nitrogens with zero attached hydrogens (tertiary/aromatic N) is 4. The SMILES string of the molecule is CNC(=O)c1ccc(N2CCN(Cc3cc(F)c4nc(C)c(=O)[nH]c4c3Cl)CC2)cn1. The van der Waals surface area contributed by atoms with Crippen LogP contribution in [0.5, 0.6) is 0 Å². The van der Waals surface area contributed by atoms with Crippen LogP contribution in [0.1, 0.15) is 21.7 Å². The number of aromatic amines is 1. The second-order valence-electron chi connectivity index (χ2n) is 7.45. The number of hydrogen-bond donors (Lipinski definition) is 2. The van der Waals surface area contributed by atoms with Gasteiger partial charge in [-0.05, 0) is 30.7 Å². The number of anilines is 1. The first-order valence-electron chi connectivity index (χ1n) is 9.90. The Bertz CT molecular complexity index is 1190. The monoisotopic (exact) mass is 444 g/mol. The zero-order valence-corrected chi connectivity index (χ0v) is 18.0. The van der Waals surface area contributed by atoms with Crippen LogP contribution in [0.2, 0.25) is 5.02 Å². The molecule has 8 nitrogen and oxygen atoms in total. The molecule has 1 aliphatic rings. The molecule has 3 heterocycles. The number of piperazine rings is 1. The molecule has 1 fully saturated rings. The predicted molar refractivity (Wildman–Crippen MR) is 117 cm³/mol. The van der Waals surface area contributed by atoms with Crippen LogP contribution in [0.3, 0.4) is 0 Å². The summed E-state index contributed by atoms with van der Waals surface area (Å²) in [6.45, 7) is 4.99. The van der Waals surface area contributed by atoms with Gasteiger partial charge in [0.1, 0.15) is 16.9 Å². The number of H-pyrrole nitrogens is 1. The Labute approximate surface area is 183 Å². The summed E-state index contributed by atoms with van der Waals surface area (Å²) in [5, 5.41) is 2.87. The van der Waals surface area contributed by atoms with Crippen LogP contribution in [0.15, 0.2) is 29.2 Å². The van der Waals surface area contributed by atoms with Gasteiger partial charge in [0.15, 0.2) is 5.82 Å². The van der Waals surface area contributed by atoms with Crippen molar-refractivity contribution >= 4 is 34.2 Å². The van der Waals surface area contributed by atoms with E-state index < -0.39 is 5.82 Å². The zero-order chi connectivity index (χ0) is 22.1. The van der Waals surface area contributed by atoms with E-state index in [0.29, 0.717) is 22.8 Å². The lowest BCUT2D eigenvalue weighted by Crippen LogP contribution is -2.46. The van der Waals surface area contributed by atoms with E-state index in [2.05, 4.69) is 30.1 Å². The zero-order valence-electron chi connectivity index (χ0n) is 17.2. The molecule has 2 N–H and O–H groups in total. The number of nitrogens with one attached hydrogen (secondary N) is 2. The third-order valence-electron chi connectivity index (χ3n) is 5.45. The van der Waals surface area contributed by atoms with E-state index >= 15 is 0 Å². The summed E-state index contributed by atoms with van der Waals surface area (Å²) in [7, 11) is 1.57. The highest BCUT2D eigenvalue weighted by atomic mass is 35.5. The number of amides is 1. The maximum atomic E-state index is 14.6. The molecule has 0 atom stereocenters. The molecule has 1 aliphatic heterocycles. The van der Waals surface area contributed by atoms with E-state index in [1.54, 1.807) is 19.3 Å². The molecule has 1 amide bonds. The van der Waals surface area contributed by atoms with Gasteiger partial charge in [-0.25, -0.2) is 14.4 Å². The van der Waals surface area contributed by atoms with Crippen LogP contribution >= 0.6 is 11.6 Å². The Morgan fingerprint density at radius 1 is 1.29 bits per heavy atom. The summed E-state index contributed by atoms with van der Waals surface area (Å²) < 4.78 is 14.6. The van der Waals surface area contributed by atoms with Gasteiger partial charge in [0.2, 0.25) is 0 Å². The van der Waals surface area contributed by atoms with Crippen molar-refractivity contribution < 1.29 is 9.18 Å². The number of carbonyl (C=O) groups is 1. The summed E-state index contributed by atoms with van der Waals surface area (Å²) in [5.74, 6) is -0.725. The topological polar surface area (TPSA) is 94.2 Å². The molecule has 3 aromatic rings. The Morgan fingerprint density at radius 3 is 2.68 bits per heavy atom. The first-order chi connectivity index (χ1) is 14.9. The van der Waals surface area contributed by atoms with Gasteiger partial charge >= 0.3 is 0 Å². The number of rotatable bonds is 4. The molecule has 0 saturated carbocycles. The fourth-order valence-electron chi connectivity index (χ4n) is 3.67. The smallest absolute Gasteiger partial charge is 0.269 e. The van der Waals surface area contributed by atoms with Crippen molar-refractivity contribution in [1.29, 1.82) is 0 Å². The molecule has 0 aliphatic carbocycles. The quantitative estimate of drug-likeness (QED) is 0.640.